The number of rotatable bonds is 4. The van der Waals surface area contributed by atoms with Crippen molar-refractivity contribution in [2.45, 2.75) is 10.4 Å². The van der Waals surface area contributed by atoms with E-state index in [9.17, 15) is 5.11 Å². The Morgan fingerprint density at radius 3 is 1.41 bits per heavy atom. The Morgan fingerprint density at radius 1 is 0.636 bits per heavy atom. The van der Waals surface area contributed by atoms with Gasteiger partial charge in [-0.15, -0.1) is 0 Å². The molecule has 0 bridgehead atoms. The lowest BCUT2D eigenvalue weighted by atomic mass is 9.81. The molecule has 2 heteroatoms. The molecule has 0 amide bonds. The summed E-state index contributed by atoms with van der Waals surface area (Å²) in [6.45, 7) is 0. The molecule has 110 valence electrons. The van der Waals surface area contributed by atoms with Crippen molar-refractivity contribution in [3.8, 4) is 0 Å². The van der Waals surface area contributed by atoms with E-state index >= 15 is 0 Å². The third-order valence-corrected chi connectivity index (χ3v) is 5.08. The Balaban J connectivity index is 2.16. The molecular formula is C20H17BrO. The topological polar surface area (TPSA) is 20.2 Å². The molecule has 0 fully saturated rings. The molecule has 1 unspecified atom stereocenters. The van der Waals surface area contributed by atoms with E-state index in [2.05, 4.69) is 15.9 Å². The van der Waals surface area contributed by atoms with Crippen molar-refractivity contribution < 1.29 is 5.11 Å². The maximum Gasteiger partial charge on any atom is 0.131 e. The maximum absolute atomic E-state index is 11.6. The smallest absolute Gasteiger partial charge is 0.131 e. The molecule has 1 N–H and O–H groups in total. The second-order valence-electron chi connectivity index (χ2n) is 5.27. The van der Waals surface area contributed by atoms with Crippen LogP contribution in [-0.4, -0.2) is 5.11 Å². The zero-order chi connectivity index (χ0) is 15.4. The number of benzene rings is 3. The quantitative estimate of drug-likeness (QED) is 0.650. The highest BCUT2D eigenvalue weighted by atomic mass is 79.9. The van der Waals surface area contributed by atoms with Gasteiger partial charge in [0.25, 0.3) is 0 Å². The first kappa shape index (κ1) is 15.0. The van der Waals surface area contributed by atoms with Crippen LogP contribution in [0.1, 0.15) is 21.5 Å². The summed E-state index contributed by atoms with van der Waals surface area (Å²) in [6.07, 6.45) is 0. The number of hydrogen-bond donors (Lipinski definition) is 1. The van der Waals surface area contributed by atoms with E-state index in [4.69, 9.17) is 0 Å². The Labute approximate surface area is 139 Å². The fourth-order valence-corrected chi connectivity index (χ4v) is 3.54. The van der Waals surface area contributed by atoms with Gasteiger partial charge in [0.05, 0.1) is 4.83 Å². The van der Waals surface area contributed by atoms with E-state index in [-0.39, 0.29) is 4.83 Å². The molecule has 0 heterocycles. The fourth-order valence-electron chi connectivity index (χ4n) is 2.71. The number of alkyl halides is 1. The van der Waals surface area contributed by atoms with Crippen LogP contribution in [0.25, 0.3) is 0 Å². The third-order valence-electron chi connectivity index (χ3n) is 3.89. The summed E-state index contributed by atoms with van der Waals surface area (Å²) in [7, 11) is 0. The summed E-state index contributed by atoms with van der Waals surface area (Å²) >= 11 is 3.73. The van der Waals surface area contributed by atoms with Gasteiger partial charge in [-0.25, -0.2) is 0 Å². The van der Waals surface area contributed by atoms with Crippen molar-refractivity contribution >= 4 is 15.9 Å². The van der Waals surface area contributed by atoms with E-state index in [1.165, 1.54) is 0 Å². The van der Waals surface area contributed by atoms with Crippen LogP contribution in [0.5, 0.6) is 0 Å². The molecule has 0 radical (unpaired) electrons. The predicted molar refractivity (Wildman–Crippen MR) is 94.0 cm³/mol. The van der Waals surface area contributed by atoms with Gasteiger partial charge in [0.15, 0.2) is 0 Å². The van der Waals surface area contributed by atoms with Gasteiger partial charge >= 0.3 is 0 Å². The predicted octanol–water partition coefficient (Wildman–Crippen LogP) is 5.06. The molecule has 22 heavy (non-hydrogen) atoms. The maximum atomic E-state index is 11.6. The second kappa shape index (κ2) is 6.47. The first-order chi connectivity index (χ1) is 10.7. The van der Waals surface area contributed by atoms with Crippen molar-refractivity contribution in [3.05, 3.63) is 108 Å². The van der Waals surface area contributed by atoms with Crippen molar-refractivity contribution in [1.82, 2.24) is 0 Å². The molecule has 0 saturated heterocycles. The molecule has 0 aromatic heterocycles. The summed E-state index contributed by atoms with van der Waals surface area (Å²) in [5, 5.41) is 11.6. The summed E-state index contributed by atoms with van der Waals surface area (Å²) in [4.78, 5) is -0.244. The molecule has 0 aliphatic heterocycles. The summed E-state index contributed by atoms with van der Waals surface area (Å²) in [5.41, 5.74) is 1.64. The van der Waals surface area contributed by atoms with Crippen molar-refractivity contribution in [3.63, 3.8) is 0 Å². The molecule has 3 rings (SSSR count). The first-order valence-electron chi connectivity index (χ1n) is 7.25. The average Bonchev–Trinajstić information content (AvgIpc) is 2.62. The van der Waals surface area contributed by atoms with Crippen LogP contribution in [0.3, 0.4) is 0 Å². The molecule has 3 aromatic rings. The van der Waals surface area contributed by atoms with E-state index < -0.39 is 5.60 Å². The van der Waals surface area contributed by atoms with Gasteiger partial charge in [-0.3, -0.25) is 0 Å². The largest absolute Gasteiger partial charge is 0.379 e. The summed E-state index contributed by atoms with van der Waals surface area (Å²) in [6, 6.07) is 29.6. The molecule has 1 atom stereocenters. The van der Waals surface area contributed by atoms with Gasteiger partial charge < -0.3 is 5.11 Å². The SMILES string of the molecule is OC(c1ccccc1)(c1ccccc1)C(Br)c1ccccc1. The summed E-state index contributed by atoms with van der Waals surface area (Å²) in [5.74, 6) is 0. The molecule has 0 aliphatic carbocycles. The average molecular weight is 353 g/mol. The van der Waals surface area contributed by atoms with Crippen LogP contribution in [0.2, 0.25) is 0 Å². The van der Waals surface area contributed by atoms with Crippen LogP contribution in [0.4, 0.5) is 0 Å². The van der Waals surface area contributed by atoms with Crippen molar-refractivity contribution in [1.29, 1.82) is 0 Å². The van der Waals surface area contributed by atoms with Crippen molar-refractivity contribution in [2.75, 3.05) is 0 Å². The normalized spacial score (nSPS) is 12.8. The van der Waals surface area contributed by atoms with Crippen LogP contribution in [-0.2, 0) is 5.60 Å². The minimum Gasteiger partial charge on any atom is -0.379 e. The monoisotopic (exact) mass is 352 g/mol. The lowest BCUT2D eigenvalue weighted by molar-refractivity contribution is 0.0798. The molecule has 3 aromatic carbocycles. The van der Waals surface area contributed by atoms with Gasteiger partial charge in [0.1, 0.15) is 5.60 Å². The Hall–Kier alpha value is -1.90. The van der Waals surface area contributed by atoms with E-state index in [1.54, 1.807) is 0 Å². The molecule has 1 nitrogen and oxygen atoms in total. The number of aliphatic hydroxyl groups is 1. The van der Waals surface area contributed by atoms with Crippen LogP contribution in [0.15, 0.2) is 91.0 Å². The second-order valence-corrected chi connectivity index (χ2v) is 6.19. The van der Waals surface area contributed by atoms with Gasteiger partial charge in [-0.1, -0.05) is 107 Å². The lowest BCUT2D eigenvalue weighted by Crippen LogP contribution is -2.32. The summed E-state index contributed by atoms with van der Waals surface area (Å²) < 4.78 is 0. The van der Waals surface area contributed by atoms with Crippen LogP contribution in [0, 0.1) is 0 Å². The van der Waals surface area contributed by atoms with Gasteiger partial charge in [0, 0.05) is 0 Å². The van der Waals surface area contributed by atoms with E-state index in [0.29, 0.717) is 0 Å². The van der Waals surface area contributed by atoms with Gasteiger partial charge in [-0.2, -0.15) is 0 Å². The van der Waals surface area contributed by atoms with Crippen LogP contribution < -0.4 is 0 Å². The van der Waals surface area contributed by atoms with Gasteiger partial charge in [-0.05, 0) is 16.7 Å². The zero-order valence-corrected chi connectivity index (χ0v) is 13.6. The highest BCUT2D eigenvalue weighted by Crippen LogP contribution is 2.45. The minimum absolute atomic E-state index is 0.244. The first-order valence-corrected chi connectivity index (χ1v) is 8.17. The van der Waals surface area contributed by atoms with Crippen molar-refractivity contribution in [2.24, 2.45) is 0 Å². The molecular weight excluding hydrogens is 336 g/mol. The third kappa shape index (κ3) is 2.72. The minimum atomic E-state index is -1.14. The Bertz CT molecular complexity index is 671. The standard InChI is InChI=1S/C20H17BrO/c21-19(16-10-4-1-5-11-16)20(22,17-12-6-2-7-13-17)18-14-8-3-9-15-18/h1-15,19,22H. The van der Waals surface area contributed by atoms with E-state index in [1.807, 2.05) is 91.0 Å². The Morgan fingerprint density at radius 2 is 1.00 bits per heavy atom. The Kier molecular flexibility index (Phi) is 4.41. The highest BCUT2D eigenvalue weighted by Gasteiger charge is 2.39. The molecule has 0 spiro atoms. The van der Waals surface area contributed by atoms with Gasteiger partial charge in [0.2, 0.25) is 0 Å². The lowest BCUT2D eigenvalue weighted by Gasteiger charge is -2.34. The zero-order valence-electron chi connectivity index (χ0n) is 12.1. The molecule has 0 saturated carbocycles. The number of halogens is 1. The molecule has 0 aliphatic rings. The highest BCUT2D eigenvalue weighted by molar-refractivity contribution is 9.09. The van der Waals surface area contributed by atoms with E-state index in [0.717, 1.165) is 16.7 Å². The fraction of sp³-hybridized carbons (Fsp3) is 0.100. The number of hydrogen-bond acceptors (Lipinski definition) is 1. The van der Waals surface area contributed by atoms with Crippen LogP contribution >= 0.6 is 15.9 Å².